The maximum atomic E-state index is 11.2. The summed E-state index contributed by atoms with van der Waals surface area (Å²) in [6.45, 7) is 1.59. The largest absolute Gasteiger partial charge is 0.294 e. The monoisotopic (exact) mass is 186 g/mol. The Morgan fingerprint density at radius 3 is 2.71 bits per heavy atom. The molecule has 0 saturated carbocycles. The molecule has 0 aliphatic heterocycles. The minimum atomic E-state index is 0.103. The van der Waals surface area contributed by atoms with Gasteiger partial charge in [-0.25, -0.2) is 4.57 Å². The summed E-state index contributed by atoms with van der Waals surface area (Å²) >= 11 is 0. The van der Waals surface area contributed by atoms with E-state index in [0.29, 0.717) is 0 Å². The third kappa shape index (κ3) is 1.39. The molecule has 0 atom stereocenters. The van der Waals surface area contributed by atoms with Crippen LogP contribution in [0.15, 0.2) is 36.5 Å². The zero-order chi connectivity index (χ0) is 10.1. The molecule has 2 heteroatoms. The quantitative estimate of drug-likeness (QED) is 0.492. The summed E-state index contributed by atoms with van der Waals surface area (Å²) in [5, 5.41) is 1.10. The minimum Gasteiger partial charge on any atom is -0.294 e. The molecule has 70 valence electrons. The lowest BCUT2D eigenvalue weighted by Crippen LogP contribution is -2.29. The van der Waals surface area contributed by atoms with Crippen molar-refractivity contribution in [1.82, 2.24) is 0 Å². The van der Waals surface area contributed by atoms with Crippen molar-refractivity contribution >= 4 is 16.7 Å². The molecule has 0 radical (unpaired) electrons. The van der Waals surface area contributed by atoms with Crippen LogP contribution >= 0.6 is 0 Å². The number of benzene rings is 1. The van der Waals surface area contributed by atoms with Crippen LogP contribution in [0.1, 0.15) is 17.3 Å². The molecule has 1 aromatic heterocycles. The molecule has 1 heterocycles. The van der Waals surface area contributed by atoms with Gasteiger partial charge in [-0.05, 0) is 19.1 Å². The van der Waals surface area contributed by atoms with Crippen LogP contribution in [0, 0.1) is 0 Å². The van der Waals surface area contributed by atoms with Crippen molar-refractivity contribution < 1.29 is 9.36 Å². The van der Waals surface area contributed by atoms with E-state index < -0.39 is 0 Å². The fourth-order valence-corrected chi connectivity index (χ4v) is 1.61. The smallest absolute Gasteiger partial charge is 0.212 e. The van der Waals surface area contributed by atoms with E-state index in [-0.39, 0.29) is 5.78 Å². The standard InChI is InChI=1S/C12H12NO/c1-9(14)11-7-10-5-3-4-6-12(10)13(2)8-11/h3-8H,1-2H3/q+1. The fourth-order valence-electron chi connectivity index (χ4n) is 1.61. The number of fused-ring (bicyclic) bond motifs is 1. The first kappa shape index (κ1) is 8.88. The highest BCUT2D eigenvalue weighted by molar-refractivity contribution is 5.96. The van der Waals surface area contributed by atoms with Crippen molar-refractivity contribution in [2.75, 3.05) is 0 Å². The Labute approximate surface area is 82.8 Å². The van der Waals surface area contributed by atoms with Gasteiger partial charge >= 0.3 is 0 Å². The summed E-state index contributed by atoms with van der Waals surface area (Å²) in [4.78, 5) is 11.2. The Morgan fingerprint density at radius 2 is 2.00 bits per heavy atom. The third-order valence-electron chi connectivity index (χ3n) is 2.37. The van der Waals surface area contributed by atoms with Crippen molar-refractivity contribution in [3.8, 4) is 0 Å². The Morgan fingerprint density at radius 1 is 1.29 bits per heavy atom. The highest BCUT2D eigenvalue weighted by atomic mass is 16.1. The van der Waals surface area contributed by atoms with Crippen LogP contribution in [0.5, 0.6) is 0 Å². The van der Waals surface area contributed by atoms with Crippen LogP contribution in [0.4, 0.5) is 0 Å². The highest BCUT2D eigenvalue weighted by Crippen LogP contribution is 2.11. The lowest BCUT2D eigenvalue weighted by Gasteiger charge is -1.98. The van der Waals surface area contributed by atoms with E-state index in [0.717, 1.165) is 16.5 Å². The molecule has 0 N–H and O–H groups in total. The number of pyridine rings is 1. The summed E-state index contributed by atoms with van der Waals surface area (Å²) in [6.07, 6.45) is 1.87. The van der Waals surface area contributed by atoms with Gasteiger partial charge in [-0.2, -0.15) is 0 Å². The molecule has 14 heavy (non-hydrogen) atoms. The molecule has 0 aliphatic carbocycles. The minimum absolute atomic E-state index is 0.103. The molecule has 0 amide bonds. The molecular weight excluding hydrogens is 174 g/mol. The average molecular weight is 186 g/mol. The van der Waals surface area contributed by atoms with Crippen molar-refractivity contribution in [3.63, 3.8) is 0 Å². The number of hydrogen-bond donors (Lipinski definition) is 0. The number of nitrogens with zero attached hydrogens (tertiary/aromatic N) is 1. The number of carbonyl (C=O) groups is 1. The second-order valence-electron chi connectivity index (χ2n) is 3.45. The Balaban J connectivity index is 2.78. The maximum absolute atomic E-state index is 11.2. The first-order valence-electron chi connectivity index (χ1n) is 4.58. The molecule has 0 unspecified atom stereocenters. The summed E-state index contributed by atoms with van der Waals surface area (Å²) in [7, 11) is 1.95. The van der Waals surface area contributed by atoms with E-state index in [4.69, 9.17) is 0 Å². The molecule has 2 aromatic rings. The Hall–Kier alpha value is -1.70. The second kappa shape index (κ2) is 3.22. The van der Waals surface area contributed by atoms with Crippen LogP contribution in [0.3, 0.4) is 0 Å². The number of carbonyl (C=O) groups excluding carboxylic acids is 1. The number of hydrogen-bond acceptors (Lipinski definition) is 1. The van der Waals surface area contributed by atoms with Gasteiger partial charge in [-0.1, -0.05) is 12.1 Å². The Bertz CT molecular complexity index is 503. The number of Topliss-reactive ketones (excluding diaryl/α,β-unsaturated/α-hetero) is 1. The molecule has 0 aliphatic rings. The third-order valence-corrected chi connectivity index (χ3v) is 2.37. The Kier molecular flexibility index (Phi) is 2.04. The molecule has 0 fully saturated rings. The fraction of sp³-hybridized carbons (Fsp3) is 0.167. The molecule has 1 aromatic carbocycles. The number of rotatable bonds is 1. The van der Waals surface area contributed by atoms with Crippen LogP contribution in [0.2, 0.25) is 0 Å². The van der Waals surface area contributed by atoms with Gasteiger partial charge in [0, 0.05) is 11.5 Å². The van der Waals surface area contributed by atoms with E-state index in [1.54, 1.807) is 6.92 Å². The molecule has 0 saturated heterocycles. The van der Waals surface area contributed by atoms with E-state index in [9.17, 15) is 4.79 Å². The van der Waals surface area contributed by atoms with Gasteiger partial charge in [0.25, 0.3) is 0 Å². The van der Waals surface area contributed by atoms with Gasteiger partial charge in [-0.3, -0.25) is 4.79 Å². The molecule has 0 bridgehead atoms. The lowest BCUT2D eigenvalue weighted by atomic mass is 10.1. The van der Waals surface area contributed by atoms with Crippen LogP contribution in [-0.4, -0.2) is 5.78 Å². The first-order chi connectivity index (χ1) is 6.68. The molecular formula is C12H12NO+. The van der Waals surface area contributed by atoms with Gasteiger partial charge in [0.15, 0.2) is 12.0 Å². The van der Waals surface area contributed by atoms with Gasteiger partial charge in [0.2, 0.25) is 5.52 Å². The molecule has 0 spiro atoms. The topological polar surface area (TPSA) is 20.9 Å². The van der Waals surface area contributed by atoms with E-state index in [1.807, 2.05) is 48.1 Å². The zero-order valence-electron chi connectivity index (χ0n) is 8.32. The maximum Gasteiger partial charge on any atom is 0.212 e. The van der Waals surface area contributed by atoms with Crippen molar-refractivity contribution in [2.24, 2.45) is 7.05 Å². The van der Waals surface area contributed by atoms with E-state index >= 15 is 0 Å². The van der Waals surface area contributed by atoms with Crippen molar-refractivity contribution in [2.45, 2.75) is 6.92 Å². The average Bonchev–Trinajstić information content (AvgIpc) is 2.17. The van der Waals surface area contributed by atoms with Gasteiger partial charge in [-0.15, -0.1) is 0 Å². The summed E-state index contributed by atoms with van der Waals surface area (Å²) in [5.41, 5.74) is 1.89. The first-order valence-corrected chi connectivity index (χ1v) is 4.58. The van der Waals surface area contributed by atoms with Crippen molar-refractivity contribution in [3.05, 3.63) is 42.1 Å². The highest BCUT2D eigenvalue weighted by Gasteiger charge is 2.09. The number of aryl methyl sites for hydroxylation is 1. The van der Waals surface area contributed by atoms with Gasteiger partial charge in [0.05, 0.1) is 5.56 Å². The van der Waals surface area contributed by atoms with Crippen molar-refractivity contribution in [1.29, 1.82) is 0 Å². The zero-order valence-corrected chi connectivity index (χ0v) is 8.32. The van der Waals surface area contributed by atoms with Gasteiger partial charge < -0.3 is 0 Å². The number of aromatic nitrogens is 1. The van der Waals surface area contributed by atoms with Crippen LogP contribution in [0.25, 0.3) is 10.9 Å². The van der Waals surface area contributed by atoms with Crippen LogP contribution < -0.4 is 4.57 Å². The predicted octanol–water partition coefficient (Wildman–Crippen LogP) is 1.87. The SMILES string of the molecule is CC(=O)c1cc2ccccc2[n+](C)c1. The summed E-state index contributed by atoms with van der Waals surface area (Å²) in [6, 6.07) is 9.96. The van der Waals surface area contributed by atoms with E-state index in [1.165, 1.54) is 0 Å². The summed E-state index contributed by atoms with van der Waals surface area (Å²) < 4.78 is 1.98. The van der Waals surface area contributed by atoms with Crippen LogP contribution in [-0.2, 0) is 7.05 Å². The molecule has 2 nitrogen and oxygen atoms in total. The predicted molar refractivity (Wildman–Crippen MR) is 55.1 cm³/mol. The van der Waals surface area contributed by atoms with Gasteiger partial charge in [0.1, 0.15) is 7.05 Å². The number of para-hydroxylation sites is 1. The second-order valence-corrected chi connectivity index (χ2v) is 3.45. The lowest BCUT2D eigenvalue weighted by molar-refractivity contribution is -0.645. The summed E-state index contributed by atoms with van der Waals surface area (Å²) in [5.74, 6) is 0.103. The number of ketones is 1. The van der Waals surface area contributed by atoms with E-state index in [2.05, 4.69) is 0 Å². The normalized spacial score (nSPS) is 10.4. The molecule has 2 rings (SSSR count).